The summed E-state index contributed by atoms with van der Waals surface area (Å²) in [5, 5.41) is 11.7. The number of aromatic hydroxyl groups is 1. The molecule has 0 radical (unpaired) electrons. The first-order valence-corrected chi connectivity index (χ1v) is 8.45. The molecule has 0 atom stereocenters. The highest BCUT2D eigenvalue weighted by Crippen LogP contribution is 2.24. The number of hydrogen-bond acceptors (Lipinski definition) is 4. The molecular weight excluding hydrogens is 344 g/mol. The van der Waals surface area contributed by atoms with Gasteiger partial charge in [-0.3, -0.25) is 20.4 Å². The van der Waals surface area contributed by atoms with Crippen LogP contribution in [0.25, 0.3) is 10.8 Å². The molecule has 0 spiro atoms. The molecule has 0 bridgehead atoms. The van der Waals surface area contributed by atoms with Gasteiger partial charge in [-0.15, -0.1) is 0 Å². The average molecular weight is 364 g/mol. The Morgan fingerprint density at radius 2 is 1.63 bits per heavy atom. The van der Waals surface area contributed by atoms with E-state index < -0.39 is 11.8 Å². The first kappa shape index (κ1) is 18.3. The molecule has 0 aromatic heterocycles. The van der Waals surface area contributed by atoms with Gasteiger partial charge in [0.05, 0.1) is 5.56 Å². The van der Waals surface area contributed by atoms with Gasteiger partial charge in [0.2, 0.25) is 0 Å². The number of hydrogen-bond donors (Lipinski definition) is 3. The summed E-state index contributed by atoms with van der Waals surface area (Å²) in [6.45, 7) is 3.70. The van der Waals surface area contributed by atoms with Crippen molar-refractivity contribution in [2.45, 2.75) is 13.8 Å². The molecule has 138 valence electrons. The molecule has 6 heteroatoms. The van der Waals surface area contributed by atoms with Gasteiger partial charge in [-0.1, -0.05) is 30.3 Å². The van der Waals surface area contributed by atoms with Crippen molar-refractivity contribution in [2.24, 2.45) is 0 Å². The van der Waals surface area contributed by atoms with Crippen molar-refractivity contribution >= 4 is 22.6 Å². The Morgan fingerprint density at radius 1 is 0.926 bits per heavy atom. The van der Waals surface area contributed by atoms with Gasteiger partial charge in [0.15, 0.2) is 6.61 Å². The maximum Gasteiger partial charge on any atom is 0.276 e. The normalized spacial score (nSPS) is 10.4. The van der Waals surface area contributed by atoms with Crippen molar-refractivity contribution in [3.8, 4) is 11.5 Å². The van der Waals surface area contributed by atoms with Crippen LogP contribution in [0.5, 0.6) is 11.5 Å². The number of phenols is 1. The molecule has 6 nitrogen and oxygen atoms in total. The minimum absolute atomic E-state index is 0.0732. The van der Waals surface area contributed by atoms with Crippen LogP contribution in [0.3, 0.4) is 0 Å². The first-order chi connectivity index (χ1) is 12.9. The van der Waals surface area contributed by atoms with Gasteiger partial charge < -0.3 is 9.84 Å². The Bertz CT molecular complexity index is 1010. The van der Waals surface area contributed by atoms with Gasteiger partial charge in [0, 0.05) is 0 Å². The van der Waals surface area contributed by atoms with Crippen LogP contribution in [0.1, 0.15) is 21.5 Å². The number of fused-ring (bicyclic) bond motifs is 1. The molecule has 3 N–H and O–H groups in total. The fourth-order valence-electron chi connectivity index (χ4n) is 2.59. The number of amides is 2. The summed E-state index contributed by atoms with van der Waals surface area (Å²) in [7, 11) is 0. The Balaban J connectivity index is 1.57. The zero-order valence-electron chi connectivity index (χ0n) is 15.1. The molecule has 3 aromatic rings. The number of hydrazine groups is 1. The Hall–Kier alpha value is -3.54. The molecule has 0 saturated heterocycles. The standard InChI is InChI=1S/C21H20N2O4/c1-13-7-8-17(9-14(13)2)27-12-20(25)22-23-21(26)18-10-15-5-3-4-6-16(15)11-19(18)24/h3-11,24H,12H2,1-2H3,(H,22,25)(H,23,26). The SMILES string of the molecule is Cc1ccc(OCC(=O)NNC(=O)c2cc3ccccc3cc2O)cc1C. The third-order valence-corrected chi connectivity index (χ3v) is 4.27. The van der Waals surface area contributed by atoms with E-state index in [0.29, 0.717) is 5.75 Å². The van der Waals surface area contributed by atoms with E-state index in [0.717, 1.165) is 21.9 Å². The van der Waals surface area contributed by atoms with Crippen LogP contribution in [0.15, 0.2) is 54.6 Å². The van der Waals surface area contributed by atoms with Crippen molar-refractivity contribution in [1.29, 1.82) is 0 Å². The van der Waals surface area contributed by atoms with E-state index in [-0.39, 0.29) is 17.9 Å². The van der Waals surface area contributed by atoms with Gasteiger partial charge in [-0.05, 0) is 60.0 Å². The lowest BCUT2D eigenvalue weighted by Crippen LogP contribution is -2.43. The molecule has 3 rings (SSSR count). The molecule has 3 aromatic carbocycles. The fourth-order valence-corrected chi connectivity index (χ4v) is 2.59. The highest BCUT2D eigenvalue weighted by molar-refractivity contribution is 6.02. The lowest BCUT2D eigenvalue weighted by Gasteiger charge is -2.11. The molecule has 0 fully saturated rings. The second-order valence-electron chi connectivity index (χ2n) is 6.25. The molecule has 27 heavy (non-hydrogen) atoms. The monoisotopic (exact) mass is 364 g/mol. The summed E-state index contributed by atoms with van der Waals surface area (Å²) in [4.78, 5) is 24.1. The van der Waals surface area contributed by atoms with E-state index in [9.17, 15) is 14.7 Å². The van der Waals surface area contributed by atoms with Gasteiger partial charge >= 0.3 is 0 Å². The van der Waals surface area contributed by atoms with Gasteiger partial charge in [-0.2, -0.15) is 0 Å². The molecular formula is C21H20N2O4. The van der Waals surface area contributed by atoms with Crippen molar-refractivity contribution < 1.29 is 19.4 Å². The molecule has 2 amide bonds. The van der Waals surface area contributed by atoms with Crippen LogP contribution in [0, 0.1) is 13.8 Å². The topological polar surface area (TPSA) is 87.7 Å². The Kier molecular flexibility index (Phi) is 5.26. The highest BCUT2D eigenvalue weighted by atomic mass is 16.5. The maximum atomic E-state index is 12.2. The first-order valence-electron chi connectivity index (χ1n) is 8.45. The Labute approximate surface area is 156 Å². The lowest BCUT2D eigenvalue weighted by atomic mass is 10.1. The van der Waals surface area contributed by atoms with E-state index in [4.69, 9.17) is 4.74 Å². The van der Waals surface area contributed by atoms with Crippen LogP contribution in [0.2, 0.25) is 0 Å². The third-order valence-electron chi connectivity index (χ3n) is 4.27. The molecule has 0 unspecified atom stereocenters. The van der Waals surface area contributed by atoms with Crippen LogP contribution in [-0.4, -0.2) is 23.5 Å². The highest BCUT2D eigenvalue weighted by Gasteiger charge is 2.13. The number of ether oxygens (including phenoxy) is 1. The summed E-state index contributed by atoms with van der Waals surface area (Å²) in [6, 6.07) is 16.0. The fraction of sp³-hybridized carbons (Fsp3) is 0.143. The summed E-state index contributed by atoms with van der Waals surface area (Å²) in [5.74, 6) is -0.710. The number of carbonyl (C=O) groups excluding carboxylic acids is 2. The second-order valence-corrected chi connectivity index (χ2v) is 6.25. The number of carbonyl (C=O) groups is 2. The van der Waals surface area contributed by atoms with Gasteiger partial charge in [0.1, 0.15) is 11.5 Å². The van der Waals surface area contributed by atoms with Crippen molar-refractivity contribution in [1.82, 2.24) is 10.9 Å². The second kappa shape index (κ2) is 7.78. The van der Waals surface area contributed by atoms with Crippen LogP contribution in [0.4, 0.5) is 0 Å². The smallest absolute Gasteiger partial charge is 0.276 e. The van der Waals surface area contributed by atoms with E-state index >= 15 is 0 Å². The zero-order valence-corrected chi connectivity index (χ0v) is 15.1. The maximum absolute atomic E-state index is 12.2. The Morgan fingerprint density at radius 3 is 2.33 bits per heavy atom. The minimum atomic E-state index is -0.613. The summed E-state index contributed by atoms with van der Waals surface area (Å²) >= 11 is 0. The van der Waals surface area contributed by atoms with Crippen molar-refractivity contribution in [3.63, 3.8) is 0 Å². The van der Waals surface area contributed by atoms with Crippen molar-refractivity contribution in [2.75, 3.05) is 6.61 Å². The number of rotatable bonds is 4. The predicted molar refractivity (Wildman–Crippen MR) is 103 cm³/mol. The molecule has 0 heterocycles. The largest absolute Gasteiger partial charge is 0.507 e. The van der Waals surface area contributed by atoms with Crippen LogP contribution >= 0.6 is 0 Å². The van der Waals surface area contributed by atoms with Crippen LogP contribution < -0.4 is 15.6 Å². The number of nitrogens with one attached hydrogen (secondary N) is 2. The number of phenolic OH excluding ortho intramolecular Hbond substituents is 1. The van der Waals surface area contributed by atoms with E-state index in [2.05, 4.69) is 10.9 Å². The summed E-state index contributed by atoms with van der Waals surface area (Å²) in [5.41, 5.74) is 6.83. The lowest BCUT2D eigenvalue weighted by molar-refractivity contribution is -0.123. The molecule has 0 aliphatic carbocycles. The number of benzene rings is 3. The van der Waals surface area contributed by atoms with E-state index in [1.54, 1.807) is 12.1 Å². The number of aryl methyl sites for hydroxylation is 2. The third kappa shape index (κ3) is 4.36. The molecule has 0 aliphatic rings. The minimum Gasteiger partial charge on any atom is -0.507 e. The average Bonchev–Trinajstić information content (AvgIpc) is 2.66. The molecule has 0 saturated carbocycles. The zero-order chi connectivity index (χ0) is 19.4. The van der Waals surface area contributed by atoms with Gasteiger partial charge in [0.25, 0.3) is 11.8 Å². The van der Waals surface area contributed by atoms with E-state index in [1.165, 1.54) is 6.07 Å². The summed E-state index contributed by atoms with van der Waals surface area (Å²) in [6.07, 6.45) is 0. The predicted octanol–water partition coefficient (Wildman–Crippen LogP) is 3.00. The van der Waals surface area contributed by atoms with E-state index in [1.807, 2.05) is 50.2 Å². The van der Waals surface area contributed by atoms with Crippen LogP contribution in [-0.2, 0) is 4.79 Å². The quantitative estimate of drug-likeness (QED) is 0.621. The van der Waals surface area contributed by atoms with Gasteiger partial charge in [-0.25, -0.2) is 0 Å². The summed E-state index contributed by atoms with van der Waals surface area (Å²) < 4.78 is 5.41. The van der Waals surface area contributed by atoms with Crippen molar-refractivity contribution in [3.05, 3.63) is 71.3 Å². The molecule has 0 aliphatic heterocycles.